The van der Waals surface area contributed by atoms with E-state index in [0.717, 1.165) is 16.2 Å². The van der Waals surface area contributed by atoms with E-state index in [0.29, 0.717) is 16.9 Å². The summed E-state index contributed by atoms with van der Waals surface area (Å²) >= 11 is 6.20. The Bertz CT molecular complexity index is 691. The molecule has 110 valence electrons. The second kappa shape index (κ2) is 6.67. The highest BCUT2D eigenvalue weighted by Gasteiger charge is 2.20. The lowest BCUT2D eigenvalue weighted by molar-refractivity contribution is 0.581. The molecule has 0 fully saturated rings. The average Bonchev–Trinajstić information content (AvgIpc) is 3.02. The minimum atomic E-state index is -3.52. The van der Waals surface area contributed by atoms with Gasteiger partial charge in [-0.15, -0.1) is 22.7 Å². The molecule has 0 atom stereocenters. The van der Waals surface area contributed by atoms with Gasteiger partial charge in [-0.05, 0) is 45.4 Å². The summed E-state index contributed by atoms with van der Waals surface area (Å²) in [6.07, 6.45) is 0.903. The lowest BCUT2D eigenvalue weighted by Gasteiger charge is -2.06. The minimum absolute atomic E-state index is 0.262. The molecular formula is C12H15BrN2O2S3. The van der Waals surface area contributed by atoms with Crippen LogP contribution in [-0.4, -0.2) is 8.42 Å². The highest BCUT2D eigenvalue weighted by atomic mass is 79.9. The number of sulfonamides is 1. The molecule has 2 heterocycles. The van der Waals surface area contributed by atoms with Crippen molar-refractivity contribution in [3.05, 3.63) is 36.6 Å². The molecule has 0 spiro atoms. The molecule has 0 aliphatic heterocycles. The van der Waals surface area contributed by atoms with E-state index in [1.54, 1.807) is 17.4 Å². The number of hydrogen-bond donors (Lipinski definition) is 2. The Morgan fingerprint density at radius 3 is 2.80 bits per heavy atom. The number of hydrogen-bond acceptors (Lipinski definition) is 5. The number of nitrogens with two attached hydrogens (primary N) is 1. The van der Waals surface area contributed by atoms with Gasteiger partial charge in [-0.2, -0.15) is 0 Å². The molecular weight excluding hydrogens is 380 g/mol. The predicted molar refractivity (Wildman–Crippen MR) is 87.6 cm³/mol. The molecule has 3 N–H and O–H groups in total. The predicted octanol–water partition coefficient (Wildman–Crippen LogP) is 3.07. The molecule has 2 aromatic rings. The Balaban J connectivity index is 2.17. The van der Waals surface area contributed by atoms with Crippen molar-refractivity contribution in [3.63, 3.8) is 0 Å². The van der Waals surface area contributed by atoms with Gasteiger partial charge in [-0.1, -0.05) is 6.92 Å². The van der Waals surface area contributed by atoms with Crippen LogP contribution in [-0.2, 0) is 29.5 Å². The largest absolute Gasteiger partial charge is 0.326 e. The molecule has 0 saturated carbocycles. The van der Waals surface area contributed by atoms with Gasteiger partial charge >= 0.3 is 0 Å². The lowest BCUT2D eigenvalue weighted by Crippen LogP contribution is -2.23. The second-order valence-electron chi connectivity index (χ2n) is 4.10. The quantitative estimate of drug-likeness (QED) is 0.790. The highest BCUT2D eigenvalue weighted by molar-refractivity contribution is 9.11. The van der Waals surface area contributed by atoms with Crippen molar-refractivity contribution in [2.75, 3.05) is 0 Å². The summed E-state index contributed by atoms with van der Waals surface area (Å²) in [4.78, 5) is 2.15. The Morgan fingerprint density at radius 2 is 2.20 bits per heavy atom. The molecule has 2 aromatic heterocycles. The van der Waals surface area contributed by atoms with E-state index in [1.165, 1.54) is 16.9 Å². The lowest BCUT2D eigenvalue weighted by atomic mass is 10.2. The van der Waals surface area contributed by atoms with Gasteiger partial charge in [-0.3, -0.25) is 0 Å². The average molecular weight is 395 g/mol. The Morgan fingerprint density at radius 1 is 1.45 bits per heavy atom. The maximum absolute atomic E-state index is 12.3. The third-order valence-electron chi connectivity index (χ3n) is 2.84. The maximum atomic E-state index is 12.3. The van der Waals surface area contributed by atoms with Crippen molar-refractivity contribution in [2.45, 2.75) is 31.3 Å². The van der Waals surface area contributed by atoms with Crippen LogP contribution < -0.4 is 10.5 Å². The first-order valence-electron chi connectivity index (χ1n) is 6.01. The van der Waals surface area contributed by atoms with Crippen molar-refractivity contribution in [1.82, 2.24) is 4.72 Å². The molecule has 8 heteroatoms. The molecule has 0 unspecified atom stereocenters. The fraction of sp³-hybridized carbons (Fsp3) is 0.333. The van der Waals surface area contributed by atoms with Crippen LogP contribution in [0.25, 0.3) is 0 Å². The minimum Gasteiger partial charge on any atom is -0.326 e. The van der Waals surface area contributed by atoms with E-state index in [-0.39, 0.29) is 4.90 Å². The van der Waals surface area contributed by atoms with Gasteiger partial charge in [0.15, 0.2) is 0 Å². The van der Waals surface area contributed by atoms with E-state index in [1.807, 2.05) is 11.4 Å². The maximum Gasteiger partial charge on any atom is 0.242 e. The van der Waals surface area contributed by atoms with E-state index in [4.69, 9.17) is 5.73 Å². The van der Waals surface area contributed by atoms with Crippen LogP contribution in [0.15, 0.2) is 26.2 Å². The van der Waals surface area contributed by atoms with Crippen molar-refractivity contribution >= 4 is 48.6 Å². The summed E-state index contributed by atoms with van der Waals surface area (Å²) in [5.41, 5.74) is 6.73. The van der Waals surface area contributed by atoms with Crippen LogP contribution in [0.5, 0.6) is 0 Å². The zero-order chi connectivity index (χ0) is 14.8. The first-order chi connectivity index (χ1) is 9.47. The summed E-state index contributed by atoms with van der Waals surface area (Å²) in [6, 6.07) is 3.65. The van der Waals surface area contributed by atoms with Crippen molar-refractivity contribution in [2.24, 2.45) is 5.73 Å². The van der Waals surface area contributed by atoms with E-state index < -0.39 is 10.0 Å². The molecule has 0 radical (unpaired) electrons. The fourth-order valence-electron chi connectivity index (χ4n) is 1.76. The van der Waals surface area contributed by atoms with Crippen LogP contribution in [0.3, 0.4) is 0 Å². The van der Waals surface area contributed by atoms with Gasteiger partial charge in [0.1, 0.15) is 4.90 Å². The fourth-order valence-corrected chi connectivity index (χ4v) is 6.32. The first kappa shape index (κ1) is 16.1. The van der Waals surface area contributed by atoms with Gasteiger partial charge in [-0.25, -0.2) is 13.1 Å². The van der Waals surface area contributed by atoms with E-state index >= 15 is 0 Å². The number of rotatable bonds is 6. The number of aryl methyl sites for hydroxylation is 1. The molecule has 4 nitrogen and oxygen atoms in total. The summed E-state index contributed by atoms with van der Waals surface area (Å²) in [5.74, 6) is 0. The van der Waals surface area contributed by atoms with Gasteiger partial charge in [0, 0.05) is 22.8 Å². The van der Waals surface area contributed by atoms with E-state index in [9.17, 15) is 8.42 Å². The summed E-state index contributed by atoms with van der Waals surface area (Å²) < 4.78 is 27.9. The highest BCUT2D eigenvalue weighted by Crippen LogP contribution is 2.31. The Labute approximate surface area is 135 Å². The molecule has 0 aliphatic carbocycles. The van der Waals surface area contributed by atoms with Gasteiger partial charge < -0.3 is 5.73 Å². The summed E-state index contributed by atoms with van der Waals surface area (Å²) in [7, 11) is -3.52. The van der Waals surface area contributed by atoms with Crippen LogP contribution in [0, 0.1) is 0 Å². The standard InChI is InChI=1S/C12H15BrN2O2S3/c1-2-8-3-4-18-10(8)7-15-20(16,17)11-5-9(6-14)19-12(11)13/h3-5,15H,2,6-7,14H2,1H3. The van der Waals surface area contributed by atoms with Crippen molar-refractivity contribution < 1.29 is 8.42 Å². The van der Waals surface area contributed by atoms with E-state index in [2.05, 4.69) is 27.6 Å². The van der Waals surface area contributed by atoms with Crippen LogP contribution in [0.2, 0.25) is 0 Å². The summed E-state index contributed by atoms with van der Waals surface area (Å²) in [6.45, 7) is 2.72. The molecule has 2 rings (SSSR count). The smallest absolute Gasteiger partial charge is 0.242 e. The van der Waals surface area contributed by atoms with Crippen LogP contribution in [0.1, 0.15) is 22.2 Å². The van der Waals surface area contributed by atoms with Gasteiger partial charge in [0.05, 0.1) is 3.79 Å². The van der Waals surface area contributed by atoms with Crippen LogP contribution >= 0.6 is 38.6 Å². The first-order valence-corrected chi connectivity index (χ1v) is 9.98. The van der Waals surface area contributed by atoms with Crippen molar-refractivity contribution in [1.29, 1.82) is 0 Å². The molecule has 0 aliphatic rings. The second-order valence-corrected chi connectivity index (χ2v) is 9.29. The normalized spacial score (nSPS) is 11.9. The Kier molecular flexibility index (Phi) is 5.38. The molecule has 0 bridgehead atoms. The SMILES string of the molecule is CCc1ccsc1CNS(=O)(=O)c1cc(CN)sc1Br. The number of thiophene rings is 2. The third kappa shape index (κ3) is 3.49. The van der Waals surface area contributed by atoms with Gasteiger partial charge in [0.25, 0.3) is 0 Å². The summed E-state index contributed by atoms with van der Waals surface area (Å²) in [5, 5.41) is 1.98. The van der Waals surface area contributed by atoms with Crippen LogP contribution in [0.4, 0.5) is 0 Å². The molecule has 20 heavy (non-hydrogen) atoms. The number of nitrogens with one attached hydrogen (secondary N) is 1. The monoisotopic (exact) mass is 394 g/mol. The third-order valence-corrected chi connectivity index (χ3v) is 7.48. The topological polar surface area (TPSA) is 72.2 Å². The van der Waals surface area contributed by atoms with Gasteiger partial charge in [0.2, 0.25) is 10.0 Å². The zero-order valence-electron chi connectivity index (χ0n) is 10.8. The van der Waals surface area contributed by atoms with Crippen molar-refractivity contribution in [3.8, 4) is 0 Å². The molecule has 0 amide bonds. The number of halogens is 1. The Hall–Kier alpha value is -0.250. The molecule has 0 aromatic carbocycles. The zero-order valence-corrected chi connectivity index (χ0v) is 14.9. The molecule has 0 saturated heterocycles.